The normalized spacial score (nSPS) is 15.2. The lowest BCUT2D eigenvalue weighted by Gasteiger charge is -2.26. The molecule has 1 aliphatic heterocycles. The van der Waals surface area contributed by atoms with Crippen LogP contribution in [0, 0.1) is 5.82 Å². The molecule has 5 rings (SSSR count). The summed E-state index contributed by atoms with van der Waals surface area (Å²) >= 11 is 6.11. The molecule has 184 valence electrons. The second-order valence-corrected chi connectivity index (χ2v) is 8.46. The Balaban J connectivity index is 1.55. The largest absolute Gasteiger partial charge is 0.434 e. The summed E-state index contributed by atoms with van der Waals surface area (Å²) in [5, 5.41) is 3.35. The number of ether oxygens (including phenoxy) is 1. The number of hydrogen-bond acceptors (Lipinski definition) is 5. The molecule has 3 aromatic heterocycles. The van der Waals surface area contributed by atoms with Crippen LogP contribution in [0.5, 0.6) is 5.75 Å². The van der Waals surface area contributed by atoms with E-state index in [0.29, 0.717) is 27.9 Å². The van der Waals surface area contributed by atoms with Gasteiger partial charge in [0.05, 0.1) is 16.9 Å². The van der Waals surface area contributed by atoms with E-state index in [2.05, 4.69) is 34.9 Å². The van der Waals surface area contributed by atoms with Crippen molar-refractivity contribution in [2.75, 3.05) is 37.8 Å². The lowest BCUT2D eigenvalue weighted by atomic mass is 9.91. The number of H-pyrrole nitrogens is 2. The molecule has 1 aliphatic rings. The van der Waals surface area contributed by atoms with Crippen molar-refractivity contribution in [3.63, 3.8) is 0 Å². The number of rotatable bonds is 7. The SMILES string of the molecule is FC[C@@H](c1c(OC(F)F)ccc(F)c1Cl)c1c[nH]c2ncc(-c3cnc(N4CCNCC4)[nH]3)cc12. The lowest BCUT2D eigenvalue weighted by Crippen LogP contribution is -2.44. The number of nitrogens with one attached hydrogen (secondary N) is 3. The van der Waals surface area contributed by atoms with Crippen molar-refractivity contribution >= 4 is 28.6 Å². The maximum absolute atomic E-state index is 14.4. The molecular formula is C23H21ClF4N6O. The molecule has 0 radical (unpaired) electrons. The summed E-state index contributed by atoms with van der Waals surface area (Å²) < 4.78 is 59.2. The summed E-state index contributed by atoms with van der Waals surface area (Å²) in [6, 6.07) is 3.71. The van der Waals surface area contributed by atoms with Gasteiger partial charge in [-0.2, -0.15) is 8.78 Å². The molecule has 7 nitrogen and oxygen atoms in total. The van der Waals surface area contributed by atoms with Gasteiger partial charge in [-0.05, 0) is 23.8 Å². The summed E-state index contributed by atoms with van der Waals surface area (Å²) in [5.41, 5.74) is 2.04. The van der Waals surface area contributed by atoms with E-state index in [1.807, 2.05) is 0 Å². The van der Waals surface area contributed by atoms with Gasteiger partial charge in [0.25, 0.3) is 0 Å². The van der Waals surface area contributed by atoms with E-state index in [1.54, 1.807) is 18.5 Å². The fraction of sp³-hybridized carbons (Fsp3) is 0.304. The van der Waals surface area contributed by atoms with E-state index in [0.717, 1.165) is 44.3 Å². The van der Waals surface area contributed by atoms with Crippen LogP contribution in [-0.2, 0) is 0 Å². The third-order valence-electron chi connectivity index (χ3n) is 6.04. The number of pyridine rings is 1. The van der Waals surface area contributed by atoms with Crippen molar-refractivity contribution in [3.05, 3.63) is 58.8 Å². The number of halogens is 5. The van der Waals surface area contributed by atoms with Crippen molar-refractivity contribution in [1.29, 1.82) is 0 Å². The number of piperazine rings is 1. The topological polar surface area (TPSA) is 81.9 Å². The summed E-state index contributed by atoms with van der Waals surface area (Å²) in [5.74, 6) is -1.69. The number of hydrogen-bond donors (Lipinski definition) is 3. The van der Waals surface area contributed by atoms with Crippen molar-refractivity contribution in [1.82, 2.24) is 25.3 Å². The monoisotopic (exact) mass is 508 g/mol. The van der Waals surface area contributed by atoms with E-state index in [1.165, 1.54) is 6.20 Å². The van der Waals surface area contributed by atoms with Gasteiger partial charge in [0.15, 0.2) is 0 Å². The van der Waals surface area contributed by atoms with Gasteiger partial charge >= 0.3 is 6.61 Å². The number of benzene rings is 1. The molecule has 3 N–H and O–H groups in total. The molecule has 0 aliphatic carbocycles. The molecule has 1 aromatic carbocycles. The molecule has 0 saturated carbocycles. The Morgan fingerprint density at radius 1 is 1.14 bits per heavy atom. The zero-order valence-electron chi connectivity index (χ0n) is 18.3. The fourth-order valence-electron chi connectivity index (χ4n) is 4.34. The van der Waals surface area contributed by atoms with Crippen LogP contribution in [-0.4, -0.2) is 59.4 Å². The summed E-state index contributed by atoms with van der Waals surface area (Å²) in [6.07, 6.45) is 4.85. The van der Waals surface area contributed by atoms with E-state index in [9.17, 15) is 17.6 Å². The highest BCUT2D eigenvalue weighted by atomic mass is 35.5. The minimum absolute atomic E-state index is 0.191. The van der Waals surface area contributed by atoms with Gasteiger partial charge in [-0.15, -0.1) is 0 Å². The lowest BCUT2D eigenvalue weighted by molar-refractivity contribution is -0.0506. The minimum atomic E-state index is -3.18. The zero-order chi connectivity index (χ0) is 24.5. The third kappa shape index (κ3) is 4.53. The Morgan fingerprint density at radius 2 is 1.94 bits per heavy atom. The number of aromatic amines is 2. The predicted octanol–water partition coefficient (Wildman–Crippen LogP) is 4.86. The average molecular weight is 509 g/mol. The Kier molecular flexibility index (Phi) is 6.52. The molecule has 4 aromatic rings. The molecule has 12 heteroatoms. The molecule has 1 fully saturated rings. The van der Waals surface area contributed by atoms with Gasteiger partial charge in [-0.25, -0.2) is 14.4 Å². The molecule has 1 atom stereocenters. The van der Waals surface area contributed by atoms with Crippen LogP contribution in [0.3, 0.4) is 0 Å². The van der Waals surface area contributed by atoms with E-state index in [4.69, 9.17) is 11.6 Å². The van der Waals surface area contributed by atoms with Crippen LogP contribution in [0.1, 0.15) is 17.0 Å². The second kappa shape index (κ2) is 9.74. The van der Waals surface area contributed by atoms with E-state index >= 15 is 0 Å². The van der Waals surface area contributed by atoms with Crippen molar-refractivity contribution < 1.29 is 22.3 Å². The van der Waals surface area contributed by atoms with Crippen LogP contribution >= 0.6 is 11.6 Å². The first kappa shape index (κ1) is 23.4. The molecular weight excluding hydrogens is 488 g/mol. The minimum Gasteiger partial charge on any atom is -0.434 e. The molecule has 1 saturated heterocycles. The summed E-state index contributed by atoms with van der Waals surface area (Å²) in [4.78, 5) is 17.3. The Labute approximate surface area is 202 Å². The first-order chi connectivity index (χ1) is 17.0. The van der Waals surface area contributed by atoms with Crippen LogP contribution in [0.15, 0.2) is 36.8 Å². The van der Waals surface area contributed by atoms with Gasteiger partial charge in [0.1, 0.15) is 23.9 Å². The highest BCUT2D eigenvalue weighted by Gasteiger charge is 2.28. The van der Waals surface area contributed by atoms with Gasteiger partial charge in [0.2, 0.25) is 5.95 Å². The maximum Gasteiger partial charge on any atom is 0.387 e. The van der Waals surface area contributed by atoms with Crippen molar-refractivity contribution in [3.8, 4) is 17.0 Å². The molecule has 4 heterocycles. The number of nitrogens with zero attached hydrogens (tertiary/aromatic N) is 3. The quantitative estimate of drug-likeness (QED) is 0.311. The van der Waals surface area contributed by atoms with Gasteiger partial charge in [-0.3, -0.25) is 4.39 Å². The van der Waals surface area contributed by atoms with Crippen LogP contribution in [0.25, 0.3) is 22.3 Å². The average Bonchev–Trinajstić information content (AvgIpc) is 3.51. The number of imidazole rings is 1. The highest BCUT2D eigenvalue weighted by Crippen LogP contribution is 2.42. The highest BCUT2D eigenvalue weighted by molar-refractivity contribution is 6.31. The molecule has 35 heavy (non-hydrogen) atoms. The number of anilines is 1. The third-order valence-corrected chi connectivity index (χ3v) is 6.42. The number of alkyl halides is 3. The Morgan fingerprint density at radius 3 is 2.69 bits per heavy atom. The Hall–Kier alpha value is -3.31. The summed E-state index contributed by atoms with van der Waals surface area (Å²) in [7, 11) is 0. The first-order valence-electron chi connectivity index (χ1n) is 10.9. The zero-order valence-corrected chi connectivity index (χ0v) is 19.0. The Bertz CT molecular complexity index is 1340. The van der Waals surface area contributed by atoms with Crippen molar-refractivity contribution in [2.24, 2.45) is 0 Å². The van der Waals surface area contributed by atoms with Gasteiger partial charge in [0, 0.05) is 61.0 Å². The maximum atomic E-state index is 14.4. The number of fused-ring (bicyclic) bond motifs is 1. The van der Waals surface area contributed by atoms with Crippen molar-refractivity contribution in [2.45, 2.75) is 12.5 Å². The molecule has 0 spiro atoms. The van der Waals surface area contributed by atoms with E-state index < -0.39 is 30.0 Å². The number of aromatic nitrogens is 4. The fourth-order valence-corrected chi connectivity index (χ4v) is 4.63. The van der Waals surface area contributed by atoms with E-state index in [-0.39, 0.29) is 11.3 Å². The molecule has 0 unspecified atom stereocenters. The second-order valence-electron chi connectivity index (χ2n) is 8.08. The smallest absolute Gasteiger partial charge is 0.387 e. The van der Waals surface area contributed by atoms with Gasteiger partial charge < -0.3 is 24.9 Å². The first-order valence-corrected chi connectivity index (χ1v) is 11.3. The molecule has 0 bridgehead atoms. The standard InChI is InChI=1S/C23H21ClF4N6O/c24-20-16(26)1-2-18(35-22(27)28)19(20)14(8-25)15-10-31-21-13(15)7-12(9-30-21)17-11-32-23(33-17)34-5-3-29-4-6-34/h1-2,7,9-11,14,22,29H,3-6,8H2,(H,30,31)(H,32,33)/t14-/m1/s1. The van der Waals surface area contributed by atoms with Crippen LogP contribution in [0.4, 0.5) is 23.5 Å². The van der Waals surface area contributed by atoms with Crippen LogP contribution < -0.4 is 15.0 Å². The molecule has 0 amide bonds. The predicted molar refractivity (Wildman–Crippen MR) is 125 cm³/mol. The van der Waals surface area contributed by atoms with Gasteiger partial charge in [-0.1, -0.05) is 11.6 Å². The summed E-state index contributed by atoms with van der Waals surface area (Å²) in [6.45, 7) is -0.848. The van der Waals surface area contributed by atoms with Crippen LogP contribution in [0.2, 0.25) is 5.02 Å².